The van der Waals surface area contributed by atoms with Gasteiger partial charge in [-0.05, 0) is 41.9 Å². The largest absolute Gasteiger partial charge is 0.361 e. The molecule has 0 saturated heterocycles. The van der Waals surface area contributed by atoms with E-state index in [4.69, 9.17) is 12.2 Å². The molecule has 3 aromatic carbocycles. The first-order chi connectivity index (χ1) is 14.8. The van der Waals surface area contributed by atoms with E-state index < -0.39 is 0 Å². The van der Waals surface area contributed by atoms with Crippen LogP contribution in [0.15, 0.2) is 90.0 Å². The van der Waals surface area contributed by atoms with Gasteiger partial charge in [0.15, 0.2) is 5.11 Å². The van der Waals surface area contributed by atoms with Crippen LogP contribution in [0.3, 0.4) is 0 Å². The molecule has 0 radical (unpaired) electrons. The van der Waals surface area contributed by atoms with Gasteiger partial charge in [-0.15, -0.1) is 0 Å². The Morgan fingerprint density at radius 3 is 2.37 bits per heavy atom. The molecule has 3 N–H and O–H groups in total. The van der Waals surface area contributed by atoms with Gasteiger partial charge in [0.05, 0.1) is 23.2 Å². The van der Waals surface area contributed by atoms with E-state index in [2.05, 4.69) is 37.9 Å². The van der Waals surface area contributed by atoms with Gasteiger partial charge >= 0.3 is 0 Å². The minimum atomic E-state index is 0.504. The van der Waals surface area contributed by atoms with E-state index in [1.165, 1.54) is 5.56 Å². The van der Waals surface area contributed by atoms with Crippen molar-refractivity contribution in [1.29, 1.82) is 0 Å². The minimum absolute atomic E-state index is 0.504. The molecule has 0 bridgehead atoms. The molecule has 0 atom stereocenters. The van der Waals surface area contributed by atoms with E-state index in [0.717, 1.165) is 41.1 Å². The number of benzene rings is 3. The summed E-state index contributed by atoms with van der Waals surface area (Å²) >= 11 is 5.40. The topological polar surface area (TPSA) is 65.1 Å². The molecule has 1 aromatic heterocycles. The lowest BCUT2D eigenvalue weighted by Crippen LogP contribution is -2.34. The Balaban J connectivity index is 1.42. The molecular weight excluding hydrogens is 390 g/mol. The second kappa shape index (κ2) is 9.80. The molecule has 0 saturated carbocycles. The van der Waals surface area contributed by atoms with Crippen molar-refractivity contribution >= 4 is 34.1 Å². The number of aromatic amines is 1. The average Bonchev–Trinajstić information content (AvgIpc) is 3.20. The Hall–Kier alpha value is -3.51. The van der Waals surface area contributed by atoms with Crippen molar-refractivity contribution in [2.24, 2.45) is 5.10 Å². The standard InChI is InChI=1S/C24H23N5S/c30-24(25-16-15-18-9-3-1-4-10-18)29-28-22(19-11-5-2-6-12-19)17-23-26-20-13-7-8-14-21(20)27-23/h1-14H,15-17H2,(H,26,27)(H2,25,29,30)/b28-22-. The molecule has 0 spiro atoms. The van der Waals surface area contributed by atoms with Crippen LogP contribution >= 0.6 is 12.2 Å². The highest BCUT2D eigenvalue weighted by Crippen LogP contribution is 2.13. The zero-order valence-electron chi connectivity index (χ0n) is 16.5. The molecule has 4 rings (SSSR count). The number of thiocarbonyl (C=S) groups is 1. The zero-order chi connectivity index (χ0) is 20.6. The summed E-state index contributed by atoms with van der Waals surface area (Å²) in [5.41, 5.74) is 8.12. The summed E-state index contributed by atoms with van der Waals surface area (Å²) in [5.74, 6) is 0.864. The van der Waals surface area contributed by atoms with Gasteiger partial charge in [-0.1, -0.05) is 72.8 Å². The number of imidazole rings is 1. The van der Waals surface area contributed by atoms with Crippen molar-refractivity contribution in [3.8, 4) is 0 Å². The number of H-pyrrole nitrogens is 1. The Bertz CT molecular complexity index is 1100. The number of rotatable bonds is 7. The number of para-hydroxylation sites is 2. The Labute approximate surface area is 181 Å². The summed E-state index contributed by atoms with van der Waals surface area (Å²) in [5, 5.41) is 8.30. The highest BCUT2D eigenvalue weighted by molar-refractivity contribution is 7.80. The van der Waals surface area contributed by atoms with E-state index in [1.807, 2.05) is 72.8 Å². The van der Waals surface area contributed by atoms with E-state index in [-0.39, 0.29) is 0 Å². The number of hydrogen-bond acceptors (Lipinski definition) is 3. The van der Waals surface area contributed by atoms with Crippen LogP contribution in [-0.4, -0.2) is 27.3 Å². The lowest BCUT2D eigenvalue weighted by atomic mass is 10.1. The number of hydrogen-bond donors (Lipinski definition) is 3. The maximum Gasteiger partial charge on any atom is 0.186 e. The van der Waals surface area contributed by atoms with Crippen LogP contribution in [0, 0.1) is 0 Å². The van der Waals surface area contributed by atoms with Gasteiger partial charge in [0, 0.05) is 6.54 Å². The van der Waals surface area contributed by atoms with Gasteiger partial charge in [0.25, 0.3) is 0 Å². The van der Waals surface area contributed by atoms with Gasteiger partial charge in [0.1, 0.15) is 5.82 Å². The molecule has 0 aliphatic carbocycles. The Morgan fingerprint density at radius 1 is 0.900 bits per heavy atom. The number of nitrogens with zero attached hydrogens (tertiary/aromatic N) is 2. The van der Waals surface area contributed by atoms with Crippen LogP contribution < -0.4 is 10.7 Å². The molecule has 150 valence electrons. The predicted octanol–water partition coefficient (Wildman–Crippen LogP) is 4.22. The summed E-state index contributed by atoms with van der Waals surface area (Å²) in [6.07, 6.45) is 1.47. The molecule has 0 aliphatic heterocycles. The van der Waals surface area contributed by atoms with E-state index in [9.17, 15) is 0 Å². The molecule has 0 unspecified atom stereocenters. The molecule has 30 heavy (non-hydrogen) atoms. The van der Waals surface area contributed by atoms with Crippen molar-refractivity contribution in [3.63, 3.8) is 0 Å². The molecule has 6 heteroatoms. The van der Waals surface area contributed by atoms with Crippen LogP contribution in [0.2, 0.25) is 0 Å². The molecule has 1 heterocycles. The lowest BCUT2D eigenvalue weighted by molar-refractivity contribution is 0.835. The molecule has 0 amide bonds. The van der Waals surface area contributed by atoms with Crippen molar-refractivity contribution in [3.05, 3.63) is 102 Å². The first-order valence-corrected chi connectivity index (χ1v) is 10.3. The predicted molar refractivity (Wildman–Crippen MR) is 127 cm³/mol. The smallest absolute Gasteiger partial charge is 0.186 e. The number of fused-ring (bicyclic) bond motifs is 1. The highest BCUT2D eigenvalue weighted by atomic mass is 32.1. The van der Waals surface area contributed by atoms with Crippen molar-refractivity contribution in [2.75, 3.05) is 6.54 Å². The fourth-order valence-electron chi connectivity index (χ4n) is 3.21. The maximum absolute atomic E-state index is 5.40. The summed E-state index contributed by atoms with van der Waals surface area (Å²) in [4.78, 5) is 8.04. The summed E-state index contributed by atoms with van der Waals surface area (Å²) in [6.45, 7) is 0.746. The molecular formula is C24H23N5S. The van der Waals surface area contributed by atoms with Crippen LogP contribution in [0.5, 0.6) is 0 Å². The summed E-state index contributed by atoms with van der Waals surface area (Å²) < 4.78 is 0. The van der Waals surface area contributed by atoms with Gasteiger partial charge in [0.2, 0.25) is 0 Å². The number of aromatic nitrogens is 2. The summed E-state index contributed by atoms with van der Waals surface area (Å²) in [6, 6.07) is 28.4. The van der Waals surface area contributed by atoms with Crippen molar-refractivity contribution < 1.29 is 0 Å². The molecule has 4 aromatic rings. The molecule has 0 aliphatic rings. The third-order valence-corrected chi connectivity index (χ3v) is 4.95. The lowest BCUT2D eigenvalue weighted by Gasteiger charge is -2.10. The second-order valence-electron chi connectivity index (χ2n) is 6.91. The quantitative estimate of drug-likeness (QED) is 0.241. The zero-order valence-corrected chi connectivity index (χ0v) is 17.3. The van der Waals surface area contributed by atoms with Crippen LogP contribution in [0.1, 0.15) is 17.0 Å². The van der Waals surface area contributed by atoms with Gasteiger partial charge in [-0.25, -0.2) is 4.98 Å². The number of nitrogens with one attached hydrogen (secondary N) is 3. The van der Waals surface area contributed by atoms with Gasteiger partial charge in [-0.2, -0.15) is 5.10 Å². The van der Waals surface area contributed by atoms with Crippen LogP contribution in [0.25, 0.3) is 11.0 Å². The van der Waals surface area contributed by atoms with E-state index in [0.29, 0.717) is 11.5 Å². The maximum atomic E-state index is 5.40. The molecule has 5 nitrogen and oxygen atoms in total. The van der Waals surface area contributed by atoms with Crippen molar-refractivity contribution in [2.45, 2.75) is 12.8 Å². The van der Waals surface area contributed by atoms with Gasteiger partial charge < -0.3 is 10.3 Å². The SMILES string of the molecule is S=C(NCCc1ccccc1)N/N=C(/Cc1nc2ccccc2[nH]1)c1ccccc1. The fourth-order valence-corrected chi connectivity index (χ4v) is 3.36. The first kappa shape index (κ1) is 19.8. The third kappa shape index (κ3) is 5.30. The Kier molecular flexibility index (Phi) is 6.47. The van der Waals surface area contributed by atoms with Crippen LogP contribution in [0.4, 0.5) is 0 Å². The number of hydrazone groups is 1. The van der Waals surface area contributed by atoms with E-state index >= 15 is 0 Å². The van der Waals surface area contributed by atoms with E-state index in [1.54, 1.807) is 0 Å². The average molecular weight is 414 g/mol. The third-order valence-electron chi connectivity index (χ3n) is 4.71. The normalized spacial score (nSPS) is 11.4. The van der Waals surface area contributed by atoms with Gasteiger partial charge in [-0.3, -0.25) is 5.43 Å². The second-order valence-corrected chi connectivity index (χ2v) is 7.31. The van der Waals surface area contributed by atoms with Crippen LogP contribution in [-0.2, 0) is 12.8 Å². The minimum Gasteiger partial charge on any atom is -0.361 e. The first-order valence-electron chi connectivity index (χ1n) is 9.91. The Morgan fingerprint density at radius 2 is 1.60 bits per heavy atom. The highest BCUT2D eigenvalue weighted by Gasteiger charge is 2.09. The molecule has 0 fully saturated rings. The fraction of sp³-hybridized carbons (Fsp3) is 0.125. The summed E-state index contributed by atoms with van der Waals surface area (Å²) in [7, 11) is 0. The monoisotopic (exact) mass is 413 g/mol. The van der Waals surface area contributed by atoms with Crippen molar-refractivity contribution in [1.82, 2.24) is 20.7 Å².